The molecule has 1 saturated carbocycles. The second-order valence-electron chi connectivity index (χ2n) is 6.40. The molecule has 1 aliphatic carbocycles. The van der Waals surface area contributed by atoms with E-state index in [0.29, 0.717) is 6.04 Å². The highest BCUT2D eigenvalue weighted by molar-refractivity contribution is 9.10. The predicted molar refractivity (Wildman–Crippen MR) is 83.7 cm³/mol. The van der Waals surface area contributed by atoms with Crippen LogP contribution < -0.4 is 4.90 Å². The Morgan fingerprint density at radius 1 is 1.32 bits per heavy atom. The van der Waals surface area contributed by atoms with Gasteiger partial charge < -0.3 is 4.90 Å². The summed E-state index contributed by atoms with van der Waals surface area (Å²) in [7, 11) is 0. The average Bonchev–Trinajstić information content (AvgIpc) is 3.12. The molecule has 0 aromatic carbocycles. The molecule has 0 saturated heterocycles. The molecule has 0 amide bonds. The number of halogens is 1. The summed E-state index contributed by atoms with van der Waals surface area (Å²) >= 11 is 3.53. The smallest absolute Gasteiger partial charge is 0.137 e. The van der Waals surface area contributed by atoms with Gasteiger partial charge in [-0.3, -0.25) is 0 Å². The van der Waals surface area contributed by atoms with Gasteiger partial charge in [0.2, 0.25) is 0 Å². The highest BCUT2D eigenvalue weighted by atomic mass is 79.9. The van der Waals surface area contributed by atoms with E-state index >= 15 is 0 Å². The summed E-state index contributed by atoms with van der Waals surface area (Å²) in [6.07, 6.45) is 5.05. The number of aromatic nitrogens is 2. The zero-order valence-corrected chi connectivity index (χ0v) is 14.0. The van der Waals surface area contributed by atoms with E-state index in [0.717, 1.165) is 22.8 Å². The molecule has 0 radical (unpaired) electrons. The van der Waals surface area contributed by atoms with Gasteiger partial charge in [-0.2, -0.15) is 0 Å². The minimum atomic E-state index is -0.0154. The Balaban J connectivity index is 2.28. The summed E-state index contributed by atoms with van der Waals surface area (Å²) in [5.74, 6) is 2.00. The van der Waals surface area contributed by atoms with Crippen LogP contribution >= 0.6 is 15.9 Å². The molecular weight excluding hydrogens is 302 g/mol. The Kier molecular flexibility index (Phi) is 4.49. The Labute approximate surface area is 125 Å². The number of anilines is 1. The predicted octanol–water partition coefficient (Wildman–Crippen LogP) is 4.31. The molecule has 1 aromatic rings. The minimum Gasteiger partial charge on any atom is -0.353 e. The van der Waals surface area contributed by atoms with E-state index in [1.54, 1.807) is 0 Å². The van der Waals surface area contributed by atoms with Crippen LogP contribution in [-0.4, -0.2) is 22.6 Å². The van der Waals surface area contributed by atoms with Crippen LogP contribution in [0.3, 0.4) is 0 Å². The molecule has 1 aliphatic rings. The standard InChI is InChI=1S/C15H24BrN3/c1-5-6-9-19(11-7-8-11)13-10-12(16)17-14(18-13)15(2,3)4/h10-11H,5-9H2,1-4H3. The summed E-state index contributed by atoms with van der Waals surface area (Å²) in [6, 6.07) is 2.75. The van der Waals surface area contributed by atoms with Crippen molar-refractivity contribution in [3.63, 3.8) is 0 Å². The molecule has 1 heterocycles. The molecule has 0 spiro atoms. The van der Waals surface area contributed by atoms with Gasteiger partial charge in [0.1, 0.15) is 16.2 Å². The molecule has 0 aliphatic heterocycles. The van der Waals surface area contributed by atoms with Crippen molar-refractivity contribution >= 4 is 21.7 Å². The van der Waals surface area contributed by atoms with Gasteiger partial charge in [0, 0.05) is 24.1 Å². The van der Waals surface area contributed by atoms with Gasteiger partial charge in [-0.05, 0) is 35.2 Å². The third-order valence-corrected chi connectivity index (χ3v) is 3.79. The topological polar surface area (TPSA) is 29.0 Å². The maximum atomic E-state index is 4.80. The number of rotatable bonds is 5. The van der Waals surface area contributed by atoms with E-state index in [9.17, 15) is 0 Å². The van der Waals surface area contributed by atoms with Crippen molar-refractivity contribution in [2.45, 2.75) is 64.8 Å². The van der Waals surface area contributed by atoms with Gasteiger partial charge in [0.05, 0.1) is 0 Å². The molecule has 19 heavy (non-hydrogen) atoms. The van der Waals surface area contributed by atoms with Gasteiger partial charge in [0.25, 0.3) is 0 Å². The quantitative estimate of drug-likeness (QED) is 0.755. The second kappa shape index (κ2) is 5.78. The van der Waals surface area contributed by atoms with Crippen molar-refractivity contribution in [3.8, 4) is 0 Å². The summed E-state index contributed by atoms with van der Waals surface area (Å²) in [4.78, 5) is 11.8. The third-order valence-electron chi connectivity index (χ3n) is 3.39. The first-order valence-electron chi connectivity index (χ1n) is 7.23. The normalized spacial score (nSPS) is 15.6. The van der Waals surface area contributed by atoms with Crippen molar-refractivity contribution in [3.05, 3.63) is 16.5 Å². The van der Waals surface area contributed by atoms with Crippen LogP contribution in [0.5, 0.6) is 0 Å². The van der Waals surface area contributed by atoms with Crippen molar-refractivity contribution in [2.24, 2.45) is 0 Å². The Morgan fingerprint density at radius 3 is 2.53 bits per heavy atom. The molecule has 0 bridgehead atoms. The van der Waals surface area contributed by atoms with E-state index in [-0.39, 0.29) is 5.41 Å². The van der Waals surface area contributed by atoms with Crippen molar-refractivity contribution in [2.75, 3.05) is 11.4 Å². The molecule has 1 fully saturated rings. The van der Waals surface area contributed by atoms with Crippen molar-refractivity contribution < 1.29 is 0 Å². The highest BCUT2D eigenvalue weighted by Crippen LogP contribution is 2.33. The molecule has 106 valence electrons. The fourth-order valence-corrected chi connectivity index (χ4v) is 2.46. The Morgan fingerprint density at radius 2 is 2.00 bits per heavy atom. The van der Waals surface area contributed by atoms with Crippen LogP contribution in [0.1, 0.15) is 59.2 Å². The van der Waals surface area contributed by atoms with E-state index in [2.05, 4.69) is 59.6 Å². The van der Waals surface area contributed by atoms with E-state index < -0.39 is 0 Å². The van der Waals surface area contributed by atoms with Crippen LogP contribution in [-0.2, 0) is 5.41 Å². The van der Waals surface area contributed by atoms with Crippen LogP contribution in [0.15, 0.2) is 10.7 Å². The van der Waals surface area contributed by atoms with Crippen LogP contribution in [0.4, 0.5) is 5.82 Å². The molecule has 4 heteroatoms. The first-order chi connectivity index (χ1) is 8.91. The second-order valence-corrected chi connectivity index (χ2v) is 7.21. The van der Waals surface area contributed by atoms with E-state index in [1.807, 2.05) is 0 Å². The van der Waals surface area contributed by atoms with Gasteiger partial charge >= 0.3 is 0 Å². The monoisotopic (exact) mass is 325 g/mol. The van der Waals surface area contributed by atoms with Gasteiger partial charge in [-0.15, -0.1) is 0 Å². The molecule has 0 N–H and O–H groups in total. The number of hydrogen-bond donors (Lipinski definition) is 0. The number of nitrogens with zero attached hydrogens (tertiary/aromatic N) is 3. The lowest BCUT2D eigenvalue weighted by atomic mass is 9.96. The van der Waals surface area contributed by atoms with Gasteiger partial charge in [-0.1, -0.05) is 34.1 Å². The first-order valence-corrected chi connectivity index (χ1v) is 8.03. The largest absolute Gasteiger partial charge is 0.353 e. The summed E-state index contributed by atoms with van der Waals surface area (Å²) in [6.45, 7) is 9.82. The number of unbranched alkanes of at least 4 members (excludes halogenated alkanes) is 1. The maximum absolute atomic E-state index is 4.80. The molecule has 2 rings (SSSR count). The van der Waals surface area contributed by atoms with Crippen molar-refractivity contribution in [1.82, 2.24) is 9.97 Å². The molecule has 0 unspecified atom stereocenters. The highest BCUT2D eigenvalue weighted by Gasteiger charge is 2.30. The fraction of sp³-hybridized carbons (Fsp3) is 0.733. The van der Waals surface area contributed by atoms with Crippen LogP contribution in [0, 0.1) is 0 Å². The molecule has 0 atom stereocenters. The SMILES string of the molecule is CCCCN(c1cc(Br)nc(C(C)(C)C)n1)C1CC1. The number of hydrogen-bond acceptors (Lipinski definition) is 3. The Hall–Kier alpha value is -0.640. The van der Waals surface area contributed by atoms with E-state index in [1.165, 1.54) is 25.7 Å². The lowest BCUT2D eigenvalue weighted by molar-refractivity contribution is 0.541. The average molecular weight is 326 g/mol. The zero-order valence-electron chi connectivity index (χ0n) is 12.4. The fourth-order valence-electron chi connectivity index (χ4n) is 2.09. The van der Waals surface area contributed by atoms with Crippen LogP contribution in [0.2, 0.25) is 0 Å². The lowest BCUT2D eigenvalue weighted by Crippen LogP contribution is -2.29. The molecule has 3 nitrogen and oxygen atoms in total. The summed E-state index contributed by atoms with van der Waals surface area (Å²) < 4.78 is 0.893. The molecule has 1 aromatic heterocycles. The minimum absolute atomic E-state index is 0.0154. The van der Waals surface area contributed by atoms with E-state index in [4.69, 9.17) is 4.98 Å². The molecular formula is C15H24BrN3. The van der Waals surface area contributed by atoms with Gasteiger partial charge in [0.15, 0.2) is 0 Å². The summed E-state index contributed by atoms with van der Waals surface area (Å²) in [5, 5.41) is 0. The Bertz CT molecular complexity index is 436. The van der Waals surface area contributed by atoms with Gasteiger partial charge in [-0.25, -0.2) is 9.97 Å². The lowest BCUT2D eigenvalue weighted by Gasteiger charge is -2.26. The third kappa shape index (κ3) is 3.91. The van der Waals surface area contributed by atoms with Crippen molar-refractivity contribution in [1.29, 1.82) is 0 Å². The summed E-state index contributed by atoms with van der Waals surface area (Å²) in [5.41, 5.74) is -0.0154. The van der Waals surface area contributed by atoms with Crippen LogP contribution in [0.25, 0.3) is 0 Å². The first kappa shape index (κ1) is 14.8. The zero-order chi connectivity index (χ0) is 14.0. The maximum Gasteiger partial charge on any atom is 0.137 e.